The zero-order valence-electron chi connectivity index (χ0n) is 19.2. The predicted octanol–water partition coefficient (Wildman–Crippen LogP) is 5.65. The van der Waals surface area contributed by atoms with Crippen molar-refractivity contribution in [2.75, 3.05) is 21.3 Å². The molecule has 0 N–H and O–H groups in total. The highest BCUT2D eigenvalue weighted by Crippen LogP contribution is 2.34. The summed E-state index contributed by atoms with van der Waals surface area (Å²) in [6.07, 6.45) is 0. The van der Waals surface area contributed by atoms with E-state index in [2.05, 4.69) is 0 Å². The number of hydrogen-bond acceptors (Lipinski definition) is 7. The van der Waals surface area contributed by atoms with E-state index < -0.39 is 0 Å². The minimum absolute atomic E-state index is 0.697. The van der Waals surface area contributed by atoms with Crippen LogP contribution in [0.1, 0.15) is 18.4 Å². The van der Waals surface area contributed by atoms with Gasteiger partial charge in [-0.25, -0.2) is 9.67 Å². The number of ether oxygens (including phenoxy) is 3. The van der Waals surface area contributed by atoms with E-state index in [9.17, 15) is 0 Å². The molecule has 0 aliphatic carbocycles. The molecule has 4 rings (SSSR count). The van der Waals surface area contributed by atoms with Crippen LogP contribution in [0.15, 0.2) is 74.5 Å². The maximum Gasteiger partial charge on any atom is 0.211 e. The normalized spacial score (nSPS) is 12.2. The number of hydrogen-bond donors (Lipinski definition) is 0. The van der Waals surface area contributed by atoms with Gasteiger partial charge < -0.3 is 18.6 Å². The molecule has 0 saturated carbocycles. The van der Waals surface area contributed by atoms with E-state index >= 15 is 0 Å². The smallest absolute Gasteiger partial charge is 0.211 e. The molecule has 170 valence electrons. The van der Waals surface area contributed by atoms with Gasteiger partial charge in [-0.05, 0) is 68.4 Å². The third-order valence-electron chi connectivity index (χ3n) is 5.01. The Balaban J connectivity index is 1.92. The van der Waals surface area contributed by atoms with E-state index in [1.54, 1.807) is 26.0 Å². The van der Waals surface area contributed by atoms with Crippen LogP contribution in [0.4, 0.5) is 5.69 Å². The van der Waals surface area contributed by atoms with Crippen molar-refractivity contribution < 1.29 is 18.6 Å². The molecule has 0 aliphatic rings. The molecule has 33 heavy (non-hydrogen) atoms. The van der Waals surface area contributed by atoms with Crippen molar-refractivity contribution in [3.05, 3.63) is 76.3 Å². The van der Waals surface area contributed by atoms with Crippen LogP contribution in [0, 0.1) is 6.92 Å². The van der Waals surface area contributed by atoms with E-state index in [4.69, 9.17) is 28.7 Å². The number of methoxy groups -OCH3 is 3. The van der Waals surface area contributed by atoms with Crippen LogP contribution in [0.5, 0.6) is 17.2 Å². The summed E-state index contributed by atoms with van der Waals surface area (Å²) < 4.78 is 23.9. The van der Waals surface area contributed by atoms with Gasteiger partial charge in [0.05, 0.1) is 32.7 Å². The van der Waals surface area contributed by atoms with E-state index in [0.29, 0.717) is 16.3 Å². The Morgan fingerprint density at radius 3 is 2.27 bits per heavy atom. The Morgan fingerprint density at radius 1 is 0.909 bits per heavy atom. The first-order valence-corrected chi connectivity index (χ1v) is 11.1. The van der Waals surface area contributed by atoms with Gasteiger partial charge in [0.15, 0.2) is 0 Å². The number of benzene rings is 2. The predicted molar refractivity (Wildman–Crippen MR) is 130 cm³/mol. The summed E-state index contributed by atoms with van der Waals surface area (Å²) >= 11 is 1.48. The second-order valence-corrected chi connectivity index (χ2v) is 8.02. The van der Waals surface area contributed by atoms with E-state index in [0.717, 1.165) is 39.9 Å². The molecule has 7 nitrogen and oxygen atoms in total. The molecule has 0 radical (unpaired) electrons. The highest BCUT2D eigenvalue weighted by atomic mass is 32.1. The second-order valence-electron chi connectivity index (χ2n) is 7.19. The summed E-state index contributed by atoms with van der Waals surface area (Å²) in [5.74, 6) is 3.73. The SMILES string of the molecule is COc1ccc(N=c2scc(-c3cc(OC)ccc3OC)n2N=C(C)c2ccc(C)o2)cc1. The topological polar surface area (TPSA) is 70.5 Å². The maximum absolute atomic E-state index is 5.77. The number of furan rings is 1. The van der Waals surface area contributed by atoms with E-state index in [1.807, 2.05) is 73.8 Å². The monoisotopic (exact) mass is 463 g/mol. The third-order valence-corrected chi connectivity index (χ3v) is 5.83. The van der Waals surface area contributed by atoms with E-state index in [1.165, 1.54) is 11.3 Å². The van der Waals surface area contributed by atoms with Crippen molar-refractivity contribution >= 4 is 22.7 Å². The van der Waals surface area contributed by atoms with Crippen LogP contribution in [0.3, 0.4) is 0 Å². The van der Waals surface area contributed by atoms with Gasteiger partial charge in [0, 0.05) is 10.9 Å². The number of rotatable bonds is 7. The van der Waals surface area contributed by atoms with Gasteiger partial charge in [-0.1, -0.05) is 0 Å². The zero-order chi connectivity index (χ0) is 23.4. The largest absolute Gasteiger partial charge is 0.497 e. The molecule has 0 unspecified atom stereocenters. The van der Waals surface area contributed by atoms with Crippen molar-refractivity contribution in [1.29, 1.82) is 0 Å². The van der Waals surface area contributed by atoms with Gasteiger partial charge in [0.1, 0.15) is 34.5 Å². The molecule has 2 heterocycles. The molecule has 0 amide bonds. The standard InChI is InChI=1S/C25H25N3O4S/c1-16-6-12-23(32-16)17(2)27-28-22(21-14-20(30-4)11-13-24(21)31-5)15-33-25(28)26-18-7-9-19(29-3)10-8-18/h6-15H,1-5H3. The van der Waals surface area contributed by atoms with Crippen LogP contribution < -0.4 is 19.0 Å². The van der Waals surface area contributed by atoms with Crippen LogP contribution in [-0.2, 0) is 0 Å². The number of thiazole rings is 1. The van der Waals surface area contributed by atoms with Gasteiger partial charge >= 0.3 is 0 Å². The summed E-state index contributed by atoms with van der Waals surface area (Å²) in [5.41, 5.74) is 3.18. The van der Waals surface area contributed by atoms with Gasteiger partial charge in [0.25, 0.3) is 0 Å². The molecule has 4 aromatic rings. The molecule has 0 atom stereocenters. The first-order valence-electron chi connectivity index (χ1n) is 10.3. The summed E-state index contributed by atoms with van der Waals surface area (Å²) in [6, 6.07) is 17.1. The molecular weight excluding hydrogens is 438 g/mol. The number of aromatic nitrogens is 1. The van der Waals surface area contributed by atoms with Gasteiger partial charge in [-0.3, -0.25) is 0 Å². The lowest BCUT2D eigenvalue weighted by molar-refractivity contribution is 0.404. The quantitative estimate of drug-likeness (QED) is 0.332. The van der Waals surface area contributed by atoms with Crippen LogP contribution in [0.2, 0.25) is 0 Å². The molecule has 2 aromatic carbocycles. The Bertz CT molecular complexity index is 1350. The molecule has 0 spiro atoms. The van der Waals surface area contributed by atoms with Crippen LogP contribution >= 0.6 is 11.3 Å². The number of aryl methyl sites for hydroxylation is 1. The first kappa shape index (κ1) is 22.4. The average molecular weight is 464 g/mol. The zero-order valence-corrected chi connectivity index (χ0v) is 20.0. The summed E-state index contributed by atoms with van der Waals surface area (Å²) in [4.78, 5) is 5.53. The molecular formula is C25H25N3O4S. The lowest BCUT2D eigenvalue weighted by Gasteiger charge is -2.11. The van der Waals surface area contributed by atoms with E-state index in [-0.39, 0.29) is 0 Å². The fourth-order valence-electron chi connectivity index (χ4n) is 3.27. The highest BCUT2D eigenvalue weighted by molar-refractivity contribution is 7.07. The van der Waals surface area contributed by atoms with Gasteiger partial charge in [-0.15, -0.1) is 11.3 Å². The minimum atomic E-state index is 0.697. The third kappa shape index (κ3) is 4.85. The Kier molecular flexibility index (Phi) is 6.65. The Labute approximate surface area is 196 Å². The molecule has 0 saturated heterocycles. The molecule has 0 bridgehead atoms. The molecule has 0 aliphatic heterocycles. The van der Waals surface area contributed by atoms with Crippen molar-refractivity contribution in [2.24, 2.45) is 10.1 Å². The maximum atomic E-state index is 5.77. The van der Waals surface area contributed by atoms with Crippen molar-refractivity contribution in [1.82, 2.24) is 4.68 Å². The molecule has 8 heteroatoms. The van der Waals surface area contributed by atoms with Gasteiger partial charge in [0.2, 0.25) is 4.80 Å². The highest BCUT2D eigenvalue weighted by Gasteiger charge is 2.15. The van der Waals surface area contributed by atoms with Crippen molar-refractivity contribution in [3.8, 4) is 28.5 Å². The molecule has 2 aromatic heterocycles. The van der Waals surface area contributed by atoms with Gasteiger partial charge in [-0.2, -0.15) is 5.10 Å². The average Bonchev–Trinajstić information content (AvgIpc) is 3.45. The molecule has 0 fully saturated rings. The summed E-state index contributed by atoms with van der Waals surface area (Å²) in [5, 5.41) is 6.88. The fourth-order valence-corrected chi connectivity index (χ4v) is 4.11. The van der Waals surface area contributed by atoms with Crippen LogP contribution in [-0.4, -0.2) is 31.7 Å². The fraction of sp³-hybridized carbons (Fsp3) is 0.200. The first-order chi connectivity index (χ1) is 16.0. The minimum Gasteiger partial charge on any atom is -0.497 e. The summed E-state index contributed by atoms with van der Waals surface area (Å²) in [7, 11) is 4.92. The lowest BCUT2D eigenvalue weighted by Crippen LogP contribution is -2.14. The summed E-state index contributed by atoms with van der Waals surface area (Å²) in [6.45, 7) is 3.82. The van der Waals surface area contributed by atoms with Crippen molar-refractivity contribution in [3.63, 3.8) is 0 Å². The van der Waals surface area contributed by atoms with Crippen molar-refractivity contribution in [2.45, 2.75) is 13.8 Å². The lowest BCUT2D eigenvalue weighted by atomic mass is 10.1. The Hall–Kier alpha value is -3.78. The Morgan fingerprint density at radius 2 is 1.64 bits per heavy atom. The van der Waals surface area contributed by atoms with Crippen LogP contribution in [0.25, 0.3) is 11.3 Å². The second kappa shape index (κ2) is 9.79. The number of nitrogens with zero attached hydrogens (tertiary/aromatic N) is 3.